The number of fused-ring (bicyclic) bond motifs is 1. The molecular weight excluding hydrogens is 387 g/mol. The molecule has 1 aliphatic heterocycles. The van der Waals surface area contributed by atoms with Gasteiger partial charge in [0.25, 0.3) is 0 Å². The fraction of sp³-hybridized carbons (Fsp3) is 0.238. The molecule has 1 unspecified atom stereocenters. The fourth-order valence-corrected chi connectivity index (χ4v) is 3.19. The number of carbonyl (C=O) groups is 1. The summed E-state index contributed by atoms with van der Waals surface area (Å²) < 4.78 is 18.9. The van der Waals surface area contributed by atoms with Gasteiger partial charge in [0.15, 0.2) is 34.4 Å². The first-order chi connectivity index (χ1) is 14.6. The molecule has 0 aliphatic carbocycles. The predicted molar refractivity (Wildman–Crippen MR) is 109 cm³/mol. The minimum atomic E-state index is -0.436. The van der Waals surface area contributed by atoms with E-state index in [1.165, 1.54) is 18.5 Å². The molecule has 4 rings (SSSR count). The molecule has 0 saturated carbocycles. The van der Waals surface area contributed by atoms with E-state index >= 15 is 0 Å². The summed E-state index contributed by atoms with van der Waals surface area (Å²) in [5.41, 5.74) is 1.11. The summed E-state index contributed by atoms with van der Waals surface area (Å²) in [5, 5.41) is 3.32. The summed E-state index contributed by atoms with van der Waals surface area (Å²) in [5.74, 6) is 6.26. The fourth-order valence-electron chi connectivity index (χ4n) is 3.19. The molecule has 2 aromatic heterocycles. The van der Waals surface area contributed by atoms with E-state index in [0.717, 1.165) is 6.42 Å². The lowest BCUT2D eigenvalue weighted by Gasteiger charge is -2.15. The van der Waals surface area contributed by atoms with Gasteiger partial charge in [0, 0.05) is 19.1 Å². The molecule has 0 radical (unpaired) electrons. The highest BCUT2D eigenvalue weighted by atomic mass is 19.1. The number of imidazole rings is 1. The minimum absolute atomic E-state index is 0.0179. The summed E-state index contributed by atoms with van der Waals surface area (Å²) >= 11 is 0. The zero-order valence-corrected chi connectivity index (χ0v) is 16.1. The van der Waals surface area contributed by atoms with E-state index in [-0.39, 0.29) is 24.3 Å². The van der Waals surface area contributed by atoms with Crippen molar-refractivity contribution >= 4 is 22.9 Å². The third kappa shape index (κ3) is 4.22. The van der Waals surface area contributed by atoms with Gasteiger partial charge in [-0.25, -0.2) is 19.3 Å². The monoisotopic (exact) mass is 406 g/mol. The third-order valence-corrected chi connectivity index (χ3v) is 4.64. The van der Waals surface area contributed by atoms with Crippen LogP contribution in [-0.4, -0.2) is 56.5 Å². The van der Waals surface area contributed by atoms with Gasteiger partial charge in [-0.2, -0.15) is 0 Å². The highest BCUT2D eigenvalue weighted by Crippen LogP contribution is 2.20. The number of amides is 1. The van der Waals surface area contributed by atoms with Crippen molar-refractivity contribution in [3.63, 3.8) is 0 Å². The summed E-state index contributed by atoms with van der Waals surface area (Å²) in [6.45, 7) is 4.77. The number of halogens is 1. The normalized spacial score (nSPS) is 15.5. The molecule has 0 spiro atoms. The summed E-state index contributed by atoms with van der Waals surface area (Å²) in [6, 6.07) is 6.21. The molecule has 1 atom stereocenters. The number of rotatable bonds is 5. The quantitative estimate of drug-likeness (QED) is 0.498. The number of anilines is 1. The van der Waals surface area contributed by atoms with Crippen LogP contribution >= 0.6 is 0 Å². The number of para-hydroxylation sites is 1. The zero-order valence-electron chi connectivity index (χ0n) is 16.1. The van der Waals surface area contributed by atoms with Gasteiger partial charge < -0.3 is 19.9 Å². The number of ether oxygens (including phenoxy) is 1. The average molecular weight is 406 g/mol. The smallest absolute Gasteiger partial charge is 0.246 e. The Hall–Kier alpha value is -3.93. The molecule has 8 nitrogen and oxygen atoms in total. The Balaban J connectivity index is 1.43. The van der Waals surface area contributed by atoms with Gasteiger partial charge in [-0.3, -0.25) is 4.79 Å². The van der Waals surface area contributed by atoms with Crippen molar-refractivity contribution in [2.75, 3.05) is 25.0 Å². The van der Waals surface area contributed by atoms with Crippen molar-refractivity contribution in [2.24, 2.45) is 0 Å². The maximum atomic E-state index is 13.5. The molecule has 9 heteroatoms. The standard InChI is InChI=1S/C21H19FN6O2/c1-2-18(29)28-10-9-14(12-28)25-20-19-21(24-13-23-20)27-17(26-19)8-5-11-30-16-7-4-3-6-15(16)22/h2-4,6-7,13-14H,1,9-12H2,(H2,23,24,25,26,27). The Kier molecular flexibility index (Phi) is 5.57. The van der Waals surface area contributed by atoms with Crippen LogP contribution in [0.1, 0.15) is 12.2 Å². The molecule has 1 aliphatic rings. The van der Waals surface area contributed by atoms with Crippen LogP contribution in [0.25, 0.3) is 11.2 Å². The molecule has 0 bridgehead atoms. The Morgan fingerprint density at radius 2 is 2.30 bits per heavy atom. The topological polar surface area (TPSA) is 96.0 Å². The molecule has 2 N–H and O–H groups in total. The lowest BCUT2D eigenvalue weighted by molar-refractivity contribution is -0.125. The number of benzene rings is 1. The van der Waals surface area contributed by atoms with Crippen LogP contribution in [0.2, 0.25) is 0 Å². The number of hydrogen-bond donors (Lipinski definition) is 2. The van der Waals surface area contributed by atoms with Crippen molar-refractivity contribution < 1.29 is 13.9 Å². The van der Waals surface area contributed by atoms with Crippen LogP contribution < -0.4 is 10.1 Å². The van der Waals surface area contributed by atoms with Gasteiger partial charge in [-0.05, 0) is 30.6 Å². The first-order valence-electron chi connectivity index (χ1n) is 9.39. The van der Waals surface area contributed by atoms with E-state index in [1.807, 2.05) is 0 Å². The van der Waals surface area contributed by atoms with E-state index in [0.29, 0.717) is 35.9 Å². The Bertz CT molecular complexity index is 1150. The highest BCUT2D eigenvalue weighted by molar-refractivity contribution is 5.87. The van der Waals surface area contributed by atoms with Crippen molar-refractivity contribution in [3.05, 3.63) is 54.9 Å². The van der Waals surface area contributed by atoms with Gasteiger partial charge in [-0.1, -0.05) is 24.6 Å². The van der Waals surface area contributed by atoms with Gasteiger partial charge in [0.2, 0.25) is 5.91 Å². The van der Waals surface area contributed by atoms with E-state index in [1.54, 1.807) is 23.1 Å². The summed E-state index contributed by atoms with van der Waals surface area (Å²) in [6.07, 6.45) is 3.55. The van der Waals surface area contributed by atoms with Crippen molar-refractivity contribution in [2.45, 2.75) is 12.5 Å². The number of likely N-dealkylation sites (tertiary alicyclic amines) is 1. The number of aromatic amines is 1. The van der Waals surface area contributed by atoms with Crippen LogP contribution in [0.15, 0.2) is 43.2 Å². The minimum Gasteiger partial charge on any atom is -0.478 e. The second-order valence-corrected chi connectivity index (χ2v) is 6.64. The van der Waals surface area contributed by atoms with Crippen LogP contribution in [0.3, 0.4) is 0 Å². The van der Waals surface area contributed by atoms with Gasteiger partial charge >= 0.3 is 0 Å². The summed E-state index contributed by atoms with van der Waals surface area (Å²) in [4.78, 5) is 29.4. The third-order valence-electron chi connectivity index (χ3n) is 4.64. The first-order valence-corrected chi connectivity index (χ1v) is 9.39. The van der Waals surface area contributed by atoms with E-state index in [9.17, 15) is 9.18 Å². The van der Waals surface area contributed by atoms with Crippen LogP contribution in [-0.2, 0) is 4.79 Å². The van der Waals surface area contributed by atoms with Gasteiger partial charge in [0.1, 0.15) is 12.9 Å². The molecule has 1 aromatic carbocycles. The number of aromatic nitrogens is 4. The maximum Gasteiger partial charge on any atom is 0.246 e. The molecular formula is C21H19FN6O2. The Labute approximate surface area is 172 Å². The average Bonchev–Trinajstić information content (AvgIpc) is 3.39. The largest absolute Gasteiger partial charge is 0.478 e. The molecule has 1 saturated heterocycles. The van der Waals surface area contributed by atoms with E-state index in [4.69, 9.17) is 4.74 Å². The van der Waals surface area contributed by atoms with Gasteiger partial charge in [-0.15, -0.1) is 0 Å². The van der Waals surface area contributed by atoms with Crippen molar-refractivity contribution in [1.82, 2.24) is 24.8 Å². The molecule has 152 valence electrons. The Morgan fingerprint density at radius 3 is 3.13 bits per heavy atom. The van der Waals surface area contributed by atoms with Crippen LogP contribution in [0.4, 0.5) is 10.2 Å². The number of carbonyl (C=O) groups excluding carboxylic acids is 1. The zero-order chi connectivity index (χ0) is 20.9. The number of H-pyrrole nitrogens is 1. The molecule has 1 fully saturated rings. The number of hydrogen-bond acceptors (Lipinski definition) is 6. The molecule has 1 amide bonds. The van der Waals surface area contributed by atoms with Gasteiger partial charge in [0.05, 0.1) is 0 Å². The molecule has 3 heterocycles. The predicted octanol–water partition coefficient (Wildman–Crippen LogP) is 2.12. The van der Waals surface area contributed by atoms with E-state index < -0.39 is 5.82 Å². The SMILES string of the molecule is C=CC(=O)N1CCC(Nc2ncnc3[nH]c(C#CCOc4ccccc4F)nc23)C1. The number of nitrogens with zero attached hydrogens (tertiary/aromatic N) is 4. The van der Waals surface area contributed by atoms with Crippen molar-refractivity contribution in [1.29, 1.82) is 0 Å². The maximum absolute atomic E-state index is 13.5. The Morgan fingerprint density at radius 1 is 1.43 bits per heavy atom. The van der Waals surface area contributed by atoms with Crippen molar-refractivity contribution in [3.8, 4) is 17.6 Å². The van der Waals surface area contributed by atoms with Crippen LogP contribution in [0.5, 0.6) is 5.75 Å². The molecule has 3 aromatic rings. The summed E-state index contributed by atoms with van der Waals surface area (Å²) in [7, 11) is 0. The van der Waals surface area contributed by atoms with E-state index in [2.05, 4.69) is 43.7 Å². The second-order valence-electron chi connectivity index (χ2n) is 6.64. The lowest BCUT2D eigenvalue weighted by Crippen LogP contribution is -2.30. The molecule has 30 heavy (non-hydrogen) atoms. The lowest BCUT2D eigenvalue weighted by atomic mass is 10.2. The second kappa shape index (κ2) is 8.61. The first kappa shape index (κ1) is 19.4. The number of nitrogens with one attached hydrogen (secondary N) is 2. The highest BCUT2D eigenvalue weighted by Gasteiger charge is 2.25. The van der Waals surface area contributed by atoms with Crippen LogP contribution in [0, 0.1) is 17.7 Å².